The summed E-state index contributed by atoms with van der Waals surface area (Å²) in [7, 11) is 0. The lowest BCUT2D eigenvalue weighted by molar-refractivity contribution is 0.0222. The monoisotopic (exact) mass is 395 g/mol. The zero-order chi connectivity index (χ0) is 13.5. The molecular formula is C15H30IN3O. The van der Waals surface area contributed by atoms with E-state index in [-0.39, 0.29) is 24.0 Å². The first kappa shape index (κ1) is 18.0. The van der Waals surface area contributed by atoms with Crippen molar-refractivity contribution in [2.24, 2.45) is 10.9 Å². The molecule has 2 aliphatic rings. The van der Waals surface area contributed by atoms with Crippen LogP contribution in [0.2, 0.25) is 0 Å². The number of rotatable bonds is 3. The average molecular weight is 395 g/mol. The van der Waals surface area contributed by atoms with E-state index in [0.717, 1.165) is 44.7 Å². The van der Waals surface area contributed by atoms with E-state index in [1.165, 1.54) is 32.1 Å². The Morgan fingerprint density at radius 2 is 2.15 bits per heavy atom. The minimum Gasteiger partial charge on any atom is -0.376 e. The van der Waals surface area contributed by atoms with Gasteiger partial charge in [-0.1, -0.05) is 6.92 Å². The van der Waals surface area contributed by atoms with Gasteiger partial charge in [-0.05, 0) is 44.9 Å². The Morgan fingerprint density at radius 3 is 2.80 bits per heavy atom. The molecule has 1 N–H and O–H groups in total. The summed E-state index contributed by atoms with van der Waals surface area (Å²) in [6, 6.07) is 0. The molecule has 2 heterocycles. The number of halogens is 1. The number of ether oxygens (including phenoxy) is 1. The quantitative estimate of drug-likeness (QED) is 0.454. The largest absolute Gasteiger partial charge is 0.376 e. The first-order chi connectivity index (χ1) is 9.29. The van der Waals surface area contributed by atoms with Crippen LogP contribution in [-0.2, 0) is 4.74 Å². The van der Waals surface area contributed by atoms with Gasteiger partial charge in [0, 0.05) is 26.2 Å². The van der Waals surface area contributed by atoms with Crippen LogP contribution >= 0.6 is 24.0 Å². The van der Waals surface area contributed by atoms with Crippen molar-refractivity contribution in [1.82, 2.24) is 10.2 Å². The van der Waals surface area contributed by atoms with Gasteiger partial charge < -0.3 is 15.0 Å². The second-order valence-corrected chi connectivity index (χ2v) is 5.88. The minimum atomic E-state index is 0. The maximum atomic E-state index is 5.76. The van der Waals surface area contributed by atoms with E-state index in [2.05, 4.69) is 24.1 Å². The maximum absolute atomic E-state index is 5.76. The first-order valence-corrected chi connectivity index (χ1v) is 7.94. The second kappa shape index (κ2) is 9.82. The van der Waals surface area contributed by atoms with E-state index in [9.17, 15) is 0 Å². The van der Waals surface area contributed by atoms with Gasteiger partial charge in [0.15, 0.2) is 5.96 Å². The van der Waals surface area contributed by atoms with Gasteiger partial charge in [0.2, 0.25) is 0 Å². The average Bonchev–Trinajstić information content (AvgIpc) is 2.44. The number of likely N-dealkylation sites (tertiary alicyclic amines) is 1. The van der Waals surface area contributed by atoms with Crippen molar-refractivity contribution >= 4 is 29.9 Å². The molecule has 20 heavy (non-hydrogen) atoms. The normalized spacial score (nSPS) is 27.9. The Labute approximate surface area is 140 Å². The molecule has 0 saturated carbocycles. The number of piperidine rings is 1. The topological polar surface area (TPSA) is 36.9 Å². The SMILES string of the molecule is CCNC(=NCC1CCCCO1)N1CCCC(C)C1.I. The van der Waals surface area contributed by atoms with Crippen molar-refractivity contribution in [1.29, 1.82) is 0 Å². The van der Waals surface area contributed by atoms with Crippen LogP contribution in [0.3, 0.4) is 0 Å². The van der Waals surface area contributed by atoms with Crippen LogP contribution < -0.4 is 5.32 Å². The Bertz CT molecular complexity index is 293. The highest BCUT2D eigenvalue weighted by Gasteiger charge is 2.20. The lowest BCUT2D eigenvalue weighted by Gasteiger charge is -2.34. The first-order valence-electron chi connectivity index (χ1n) is 7.94. The summed E-state index contributed by atoms with van der Waals surface area (Å²) in [4.78, 5) is 7.22. The molecule has 2 fully saturated rings. The van der Waals surface area contributed by atoms with Gasteiger partial charge in [0.1, 0.15) is 0 Å². The van der Waals surface area contributed by atoms with E-state index in [1.54, 1.807) is 0 Å². The molecule has 0 spiro atoms. The summed E-state index contributed by atoms with van der Waals surface area (Å²) in [6.07, 6.45) is 6.64. The molecule has 2 atom stereocenters. The van der Waals surface area contributed by atoms with Crippen LogP contribution in [0.4, 0.5) is 0 Å². The van der Waals surface area contributed by atoms with Crippen LogP contribution in [0.5, 0.6) is 0 Å². The molecule has 0 bridgehead atoms. The Balaban J connectivity index is 0.00000200. The predicted molar refractivity (Wildman–Crippen MR) is 95.0 cm³/mol. The summed E-state index contributed by atoms with van der Waals surface area (Å²) >= 11 is 0. The van der Waals surface area contributed by atoms with Gasteiger partial charge in [-0.3, -0.25) is 4.99 Å². The van der Waals surface area contributed by atoms with Gasteiger partial charge >= 0.3 is 0 Å². The summed E-state index contributed by atoms with van der Waals surface area (Å²) in [6.45, 7) is 9.42. The maximum Gasteiger partial charge on any atom is 0.194 e. The summed E-state index contributed by atoms with van der Waals surface area (Å²) < 4.78 is 5.76. The van der Waals surface area contributed by atoms with Crippen molar-refractivity contribution < 1.29 is 4.74 Å². The summed E-state index contributed by atoms with van der Waals surface area (Å²) in [5, 5.41) is 3.43. The van der Waals surface area contributed by atoms with Crippen molar-refractivity contribution in [3.05, 3.63) is 0 Å². The molecule has 2 saturated heterocycles. The van der Waals surface area contributed by atoms with E-state index in [1.807, 2.05) is 0 Å². The van der Waals surface area contributed by atoms with Crippen molar-refractivity contribution in [2.75, 3.05) is 32.8 Å². The summed E-state index contributed by atoms with van der Waals surface area (Å²) in [5.41, 5.74) is 0. The van der Waals surface area contributed by atoms with Gasteiger partial charge in [-0.15, -0.1) is 24.0 Å². The van der Waals surface area contributed by atoms with Crippen molar-refractivity contribution in [2.45, 2.75) is 52.1 Å². The highest BCUT2D eigenvalue weighted by molar-refractivity contribution is 14.0. The molecule has 2 rings (SSSR count). The standard InChI is InChI=1S/C15H29N3O.HI/c1-3-16-15(18-9-6-7-13(2)12-18)17-11-14-8-4-5-10-19-14;/h13-14H,3-12H2,1-2H3,(H,16,17);1H. The van der Waals surface area contributed by atoms with Crippen molar-refractivity contribution in [3.8, 4) is 0 Å². The van der Waals surface area contributed by atoms with Gasteiger partial charge in [-0.2, -0.15) is 0 Å². The Morgan fingerprint density at radius 1 is 1.30 bits per heavy atom. The lowest BCUT2D eigenvalue weighted by atomic mass is 10.0. The van der Waals surface area contributed by atoms with Crippen LogP contribution in [-0.4, -0.2) is 49.7 Å². The van der Waals surface area contributed by atoms with Crippen LogP contribution in [0.15, 0.2) is 4.99 Å². The molecule has 0 aromatic heterocycles. The predicted octanol–water partition coefficient (Wildman–Crippen LogP) is 2.87. The molecule has 0 aromatic rings. The molecule has 2 aliphatic heterocycles. The molecule has 0 aliphatic carbocycles. The lowest BCUT2D eigenvalue weighted by Crippen LogP contribution is -2.46. The number of hydrogen-bond acceptors (Lipinski definition) is 2. The molecule has 0 aromatic carbocycles. The van der Waals surface area contributed by atoms with E-state index >= 15 is 0 Å². The molecular weight excluding hydrogens is 365 g/mol. The number of aliphatic imine (C=N–C) groups is 1. The number of hydrogen-bond donors (Lipinski definition) is 1. The number of nitrogens with zero attached hydrogens (tertiary/aromatic N) is 2. The Kier molecular flexibility index (Phi) is 8.84. The molecule has 118 valence electrons. The van der Waals surface area contributed by atoms with Gasteiger partial charge in [0.05, 0.1) is 12.6 Å². The third-order valence-corrected chi connectivity index (χ3v) is 4.01. The third kappa shape index (κ3) is 5.76. The highest BCUT2D eigenvalue weighted by atomic mass is 127. The van der Waals surface area contributed by atoms with E-state index < -0.39 is 0 Å². The number of nitrogens with one attached hydrogen (secondary N) is 1. The second-order valence-electron chi connectivity index (χ2n) is 5.88. The Hall–Kier alpha value is -0.0400. The zero-order valence-corrected chi connectivity index (χ0v) is 15.3. The molecule has 4 nitrogen and oxygen atoms in total. The highest BCUT2D eigenvalue weighted by Crippen LogP contribution is 2.16. The fraction of sp³-hybridized carbons (Fsp3) is 0.933. The fourth-order valence-electron chi connectivity index (χ4n) is 2.95. The van der Waals surface area contributed by atoms with Gasteiger partial charge in [-0.25, -0.2) is 0 Å². The van der Waals surface area contributed by atoms with Crippen molar-refractivity contribution in [3.63, 3.8) is 0 Å². The zero-order valence-electron chi connectivity index (χ0n) is 12.9. The minimum absolute atomic E-state index is 0. The molecule has 0 radical (unpaired) electrons. The molecule has 0 amide bonds. The third-order valence-electron chi connectivity index (χ3n) is 4.01. The molecule has 5 heteroatoms. The van der Waals surface area contributed by atoms with E-state index in [0.29, 0.717) is 6.10 Å². The van der Waals surface area contributed by atoms with Crippen LogP contribution in [0.25, 0.3) is 0 Å². The van der Waals surface area contributed by atoms with Crippen LogP contribution in [0, 0.1) is 5.92 Å². The van der Waals surface area contributed by atoms with Gasteiger partial charge in [0.25, 0.3) is 0 Å². The van der Waals surface area contributed by atoms with E-state index in [4.69, 9.17) is 9.73 Å². The summed E-state index contributed by atoms with van der Waals surface area (Å²) in [5.74, 6) is 1.87. The smallest absolute Gasteiger partial charge is 0.194 e. The van der Waals surface area contributed by atoms with Crippen LogP contribution in [0.1, 0.15) is 46.0 Å². The fourth-order valence-corrected chi connectivity index (χ4v) is 2.95. The number of guanidine groups is 1. The molecule has 2 unspecified atom stereocenters.